The molecule has 112 valence electrons. The summed E-state index contributed by atoms with van der Waals surface area (Å²) in [4.78, 5) is 14.2. The van der Waals surface area contributed by atoms with E-state index in [2.05, 4.69) is 19.1 Å². The third kappa shape index (κ3) is 1.50. The van der Waals surface area contributed by atoms with Crippen molar-refractivity contribution in [2.75, 3.05) is 5.75 Å². The lowest BCUT2D eigenvalue weighted by molar-refractivity contribution is 0.0997. The predicted molar refractivity (Wildman–Crippen MR) is 87.0 cm³/mol. The van der Waals surface area contributed by atoms with Crippen LogP contribution in [0.2, 0.25) is 0 Å². The first kappa shape index (κ1) is 13.0. The average molecular weight is 310 g/mol. The highest BCUT2D eigenvalue weighted by Crippen LogP contribution is 2.51. The van der Waals surface area contributed by atoms with Crippen LogP contribution in [0.5, 0.6) is 0 Å². The van der Waals surface area contributed by atoms with Crippen LogP contribution in [0.1, 0.15) is 64.6 Å². The van der Waals surface area contributed by atoms with E-state index in [1.165, 1.54) is 40.0 Å². The largest absolute Gasteiger partial charge is 0.460 e. The van der Waals surface area contributed by atoms with Crippen LogP contribution in [-0.4, -0.2) is 11.5 Å². The molecule has 1 atom stereocenters. The Morgan fingerprint density at radius 3 is 2.95 bits per heavy atom. The summed E-state index contributed by atoms with van der Waals surface area (Å²) in [6, 6.07) is 4.47. The lowest BCUT2D eigenvalue weighted by Gasteiger charge is -2.39. The van der Waals surface area contributed by atoms with E-state index in [4.69, 9.17) is 4.42 Å². The van der Waals surface area contributed by atoms with Crippen LogP contribution in [0, 0.1) is 0 Å². The van der Waals surface area contributed by atoms with Gasteiger partial charge in [0.25, 0.3) is 0 Å². The number of fused-ring (bicyclic) bond motifs is 3. The van der Waals surface area contributed by atoms with Crippen molar-refractivity contribution in [3.8, 4) is 0 Å². The number of carbonyl (C=O) groups is 1. The van der Waals surface area contributed by atoms with E-state index in [1.54, 1.807) is 0 Å². The van der Waals surface area contributed by atoms with Gasteiger partial charge in [-0.15, -0.1) is 11.8 Å². The molecule has 2 heterocycles. The molecule has 0 bridgehead atoms. The van der Waals surface area contributed by atoms with Gasteiger partial charge in [-0.1, -0.05) is 13.0 Å². The van der Waals surface area contributed by atoms with Gasteiger partial charge < -0.3 is 4.42 Å². The van der Waals surface area contributed by atoms with Crippen molar-refractivity contribution in [1.29, 1.82) is 0 Å². The smallest absolute Gasteiger partial charge is 0.228 e. The Labute approximate surface area is 134 Å². The SMILES string of the molecule is CC12CCCc3coc(c31)C(=O)c1cc3c(cc12)CCCS3. The first-order valence-corrected chi connectivity index (χ1v) is 9.13. The summed E-state index contributed by atoms with van der Waals surface area (Å²) in [6.45, 7) is 2.30. The highest BCUT2D eigenvalue weighted by atomic mass is 32.2. The second kappa shape index (κ2) is 4.29. The number of ketones is 1. The molecule has 2 nitrogen and oxygen atoms in total. The first-order chi connectivity index (χ1) is 10.7. The van der Waals surface area contributed by atoms with E-state index in [-0.39, 0.29) is 11.2 Å². The molecule has 1 aromatic heterocycles. The number of carbonyl (C=O) groups excluding carboxylic acids is 1. The zero-order valence-corrected chi connectivity index (χ0v) is 13.5. The fraction of sp³-hybridized carbons (Fsp3) is 0.421. The molecule has 0 fully saturated rings. The minimum Gasteiger partial charge on any atom is -0.460 e. The average Bonchev–Trinajstić information content (AvgIpc) is 2.98. The third-order valence-electron chi connectivity index (χ3n) is 5.64. The van der Waals surface area contributed by atoms with Crippen LogP contribution in [0.15, 0.2) is 27.7 Å². The molecule has 5 rings (SSSR count). The van der Waals surface area contributed by atoms with Gasteiger partial charge in [-0.3, -0.25) is 4.79 Å². The van der Waals surface area contributed by atoms with E-state index < -0.39 is 0 Å². The fourth-order valence-electron chi connectivity index (χ4n) is 4.54. The zero-order valence-electron chi connectivity index (χ0n) is 12.7. The first-order valence-electron chi connectivity index (χ1n) is 8.14. The minimum absolute atomic E-state index is 0.0453. The Hall–Kier alpha value is -1.48. The molecule has 3 heteroatoms. The van der Waals surface area contributed by atoms with Crippen LogP contribution in [0.25, 0.3) is 0 Å². The monoisotopic (exact) mass is 310 g/mol. The van der Waals surface area contributed by atoms with Crippen LogP contribution in [-0.2, 0) is 18.3 Å². The maximum atomic E-state index is 12.9. The van der Waals surface area contributed by atoms with Crippen molar-refractivity contribution < 1.29 is 9.21 Å². The molecular formula is C19H18O2S. The van der Waals surface area contributed by atoms with Crippen molar-refractivity contribution in [2.45, 2.75) is 49.3 Å². The molecule has 0 N–H and O–H groups in total. The predicted octanol–water partition coefficient (Wildman–Crippen LogP) is 4.50. The lowest BCUT2D eigenvalue weighted by atomic mass is 9.63. The van der Waals surface area contributed by atoms with Gasteiger partial charge in [0.2, 0.25) is 5.78 Å². The van der Waals surface area contributed by atoms with E-state index in [9.17, 15) is 4.79 Å². The van der Waals surface area contributed by atoms with E-state index >= 15 is 0 Å². The molecule has 1 unspecified atom stereocenters. The molecule has 1 aromatic carbocycles. The molecule has 0 amide bonds. The Morgan fingerprint density at radius 2 is 2.05 bits per heavy atom. The molecule has 22 heavy (non-hydrogen) atoms. The van der Waals surface area contributed by atoms with Gasteiger partial charge in [0.1, 0.15) is 0 Å². The maximum Gasteiger partial charge on any atom is 0.228 e. The number of benzene rings is 1. The second-order valence-corrected chi connectivity index (χ2v) is 8.07. The maximum absolute atomic E-state index is 12.9. The van der Waals surface area contributed by atoms with E-state index in [1.807, 2.05) is 18.0 Å². The summed E-state index contributed by atoms with van der Waals surface area (Å²) in [5.74, 6) is 1.85. The molecule has 3 aliphatic rings. The molecule has 0 saturated heterocycles. The molecule has 1 aliphatic heterocycles. The van der Waals surface area contributed by atoms with Crippen LogP contribution >= 0.6 is 11.8 Å². The van der Waals surface area contributed by atoms with Gasteiger partial charge in [-0.05, 0) is 60.6 Å². The van der Waals surface area contributed by atoms with E-state index in [0.717, 1.165) is 30.6 Å². The number of aryl methyl sites for hydroxylation is 2. The molecule has 2 aliphatic carbocycles. The summed E-state index contributed by atoms with van der Waals surface area (Å²) in [5, 5.41) is 0. The Morgan fingerprint density at radius 1 is 1.18 bits per heavy atom. The number of rotatable bonds is 0. The van der Waals surface area contributed by atoms with Crippen molar-refractivity contribution >= 4 is 17.5 Å². The molecule has 0 saturated carbocycles. The van der Waals surface area contributed by atoms with Gasteiger partial charge in [-0.25, -0.2) is 0 Å². The summed E-state index contributed by atoms with van der Waals surface area (Å²) < 4.78 is 5.71. The van der Waals surface area contributed by atoms with Gasteiger partial charge in [-0.2, -0.15) is 0 Å². The number of hydrogen-bond donors (Lipinski definition) is 0. The van der Waals surface area contributed by atoms with Gasteiger partial charge in [0.15, 0.2) is 5.76 Å². The van der Waals surface area contributed by atoms with Crippen LogP contribution in [0.4, 0.5) is 0 Å². The fourth-order valence-corrected chi connectivity index (χ4v) is 5.60. The summed E-state index contributed by atoms with van der Waals surface area (Å²) in [7, 11) is 0. The zero-order chi connectivity index (χ0) is 14.9. The van der Waals surface area contributed by atoms with Gasteiger partial charge >= 0.3 is 0 Å². The van der Waals surface area contributed by atoms with Crippen LogP contribution in [0.3, 0.4) is 0 Å². The highest BCUT2D eigenvalue weighted by Gasteiger charge is 2.46. The lowest BCUT2D eigenvalue weighted by Crippen LogP contribution is -2.35. The van der Waals surface area contributed by atoms with Gasteiger partial charge in [0, 0.05) is 21.4 Å². The topological polar surface area (TPSA) is 30.2 Å². The second-order valence-electron chi connectivity index (χ2n) is 6.94. The van der Waals surface area contributed by atoms with Crippen molar-refractivity contribution in [2.24, 2.45) is 0 Å². The number of thioether (sulfide) groups is 1. The molecule has 0 radical (unpaired) electrons. The number of furan rings is 1. The molecule has 2 aromatic rings. The number of hydrogen-bond acceptors (Lipinski definition) is 3. The standard InChI is InChI=1S/C19H18O2S/c1-19-6-2-4-12-10-21-18(16(12)19)17(20)13-9-15-11(8-14(13)19)5-3-7-22-15/h8-10H,2-7H2,1H3. The normalized spacial score (nSPS) is 25.4. The molecule has 0 spiro atoms. The highest BCUT2D eigenvalue weighted by molar-refractivity contribution is 7.99. The summed E-state index contributed by atoms with van der Waals surface area (Å²) >= 11 is 1.89. The van der Waals surface area contributed by atoms with Crippen molar-refractivity contribution in [3.05, 3.63) is 52.0 Å². The Kier molecular flexibility index (Phi) is 2.53. The summed E-state index contributed by atoms with van der Waals surface area (Å²) in [6.07, 6.45) is 7.52. The van der Waals surface area contributed by atoms with Crippen LogP contribution < -0.4 is 0 Å². The molecular weight excluding hydrogens is 292 g/mol. The summed E-state index contributed by atoms with van der Waals surface area (Å²) in [5.41, 5.74) is 5.94. The minimum atomic E-state index is -0.0453. The third-order valence-corrected chi connectivity index (χ3v) is 6.82. The van der Waals surface area contributed by atoms with Crippen molar-refractivity contribution in [1.82, 2.24) is 0 Å². The Bertz CT molecular complexity index is 817. The quantitative estimate of drug-likeness (QED) is 0.717. The van der Waals surface area contributed by atoms with E-state index in [0.29, 0.717) is 5.76 Å². The van der Waals surface area contributed by atoms with Gasteiger partial charge in [0.05, 0.1) is 6.26 Å². The Balaban J connectivity index is 1.82. The van der Waals surface area contributed by atoms with Crippen molar-refractivity contribution in [3.63, 3.8) is 0 Å².